The zero-order chi connectivity index (χ0) is 13.3. The van der Waals surface area contributed by atoms with Gasteiger partial charge in [-0.1, -0.05) is 6.07 Å². The van der Waals surface area contributed by atoms with Crippen molar-refractivity contribution in [2.75, 3.05) is 0 Å². The van der Waals surface area contributed by atoms with E-state index in [1.807, 2.05) is 0 Å². The maximum Gasteiger partial charge on any atom is 0.161 e. The molecule has 0 aliphatic heterocycles. The van der Waals surface area contributed by atoms with Crippen molar-refractivity contribution in [3.8, 4) is 0 Å². The molecule has 0 spiro atoms. The first kappa shape index (κ1) is 12.6. The minimum absolute atomic E-state index is 0.311. The summed E-state index contributed by atoms with van der Waals surface area (Å²) in [6.45, 7) is 1.76. The summed E-state index contributed by atoms with van der Waals surface area (Å²) in [5.74, 6) is -3.49. The molecule has 0 bridgehead atoms. The van der Waals surface area contributed by atoms with Crippen LogP contribution in [0.4, 0.5) is 13.2 Å². The number of aliphatic hydroxyl groups excluding tert-OH is 1. The molecule has 1 N–H and O–H groups in total. The number of aliphatic hydroxyl groups is 1. The monoisotopic (exact) mass is 253 g/mol. The fourth-order valence-electron chi connectivity index (χ4n) is 1.57. The Kier molecular flexibility index (Phi) is 3.34. The molecule has 2 nitrogen and oxygen atoms in total. The minimum Gasteiger partial charge on any atom is -0.383 e. The molecule has 18 heavy (non-hydrogen) atoms. The molecule has 0 aliphatic rings. The lowest BCUT2D eigenvalue weighted by molar-refractivity contribution is 0.213. The summed E-state index contributed by atoms with van der Waals surface area (Å²) in [5, 5.41) is 9.91. The van der Waals surface area contributed by atoms with Crippen LogP contribution in [-0.2, 0) is 0 Å². The molecule has 1 heterocycles. The van der Waals surface area contributed by atoms with Crippen LogP contribution in [0.3, 0.4) is 0 Å². The predicted octanol–water partition coefficient (Wildman–Crippen LogP) is 2.89. The quantitative estimate of drug-likeness (QED) is 0.835. The van der Waals surface area contributed by atoms with Gasteiger partial charge in [-0.15, -0.1) is 0 Å². The highest BCUT2D eigenvalue weighted by atomic mass is 19.2. The van der Waals surface area contributed by atoms with Crippen molar-refractivity contribution >= 4 is 0 Å². The fourth-order valence-corrected chi connectivity index (χ4v) is 1.57. The normalized spacial score (nSPS) is 12.5. The number of pyridine rings is 1. The molecule has 0 aliphatic carbocycles. The molecule has 94 valence electrons. The summed E-state index contributed by atoms with van der Waals surface area (Å²) in [7, 11) is 0. The third-order valence-corrected chi connectivity index (χ3v) is 2.58. The summed E-state index contributed by atoms with van der Waals surface area (Å²) >= 11 is 0. The van der Waals surface area contributed by atoms with E-state index in [1.54, 1.807) is 19.1 Å². The smallest absolute Gasteiger partial charge is 0.161 e. The number of halogens is 3. The summed E-state index contributed by atoms with van der Waals surface area (Å²) in [5.41, 5.74) is 0.724. The van der Waals surface area contributed by atoms with E-state index in [0.29, 0.717) is 17.7 Å². The molecule has 0 radical (unpaired) electrons. The molecule has 1 aromatic carbocycles. The van der Waals surface area contributed by atoms with Gasteiger partial charge in [0.15, 0.2) is 11.6 Å². The number of hydrogen-bond acceptors (Lipinski definition) is 2. The van der Waals surface area contributed by atoms with Crippen LogP contribution in [0.5, 0.6) is 0 Å². The second-order valence-corrected chi connectivity index (χ2v) is 3.92. The minimum atomic E-state index is -1.38. The van der Waals surface area contributed by atoms with Crippen LogP contribution < -0.4 is 0 Å². The average Bonchev–Trinajstić information content (AvgIpc) is 2.34. The highest BCUT2D eigenvalue weighted by molar-refractivity contribution is 5.30. The summed E-state index contributed by atoms with van der Waals surface area (Å²) in [4.78, 5) is 3.95. The van der Waals surface area contributed by atoms with Gasteiger partial charge in [-0.05, 0) is 19.1 Å². The van der Waals surface area contributed by atoms with E-state index in [0.717, 1.165) is 5.69 Å². The van der Waals surface area contributed by atoms with Crippen molar-refractivity contribution in [3.63, 3.8) is 0 Å². The van der Waals surface area contributed by atoms with Crippen molar-refractivity contribution in [1.82, 2.24) is 4.98 Å². The Labute approximate surface area is 102 Å². The molecular weight excluding hydrogens is 243 g/mol. The van der Waals surface area contributed by atoms with Crippen molar-refractivity contribution in [3.05, 3.63) is 64.7 Å². The van der Waals surface area contributed by atoms with E-state index in [9.17, 15) is 18.3 Å². The number of rotatable bonds is 2. The van der Waals surface area contributed by atoms with Gasteiger partial charge in [0, 0.05) is 29.1 Å². The maximum atomic E-state index is 13.5. The molecule has 2 rings (SSSR count). The molecule has 1 atom stereocenters. The molecule has 1 unspecified atom stereocenters. The van der Waals surface area contributed by atoms with Crippen LogP contribution in [0, 0.1) is 24.4 Å². The van der Waals surface area contributed by atoms with Crippen molar-refractivity contribution in [2.24, 2.45) is 0 Å². The van der Waals surface area contributed by atoms with Gasteiger partial charge < -0.3 is 5.11 Å². The second kappa shape index (κ2) is 4.78. The fraction of sp³-hybridized carbons (Fsp3) is 0.154. The highest BCUT2D eigenvalue weighted by Gasteiger charge is 2.18. The van der Waals surface area contributed by atoms with Crippen molar-refractivity contribution in [1.29, 1.82) is 0 Å². The third kappa shape index (κ3) is 2.36. The average molecular weight is 253 g/mol. The third-order valence-electron chi connectivity index (χ3n) is 2.58. The number of aromatic nitrogens is 1. The van der Waals surface area contributed by atoms with Gasteiger partial charge in [-0.25, -0.2) is 13.2 Å². The topological polar surface area (TPSA) is 33.1 Å². The van der Waals surface area contributed by atoms with Gasteiger partial charge in [0.1, 0.15) is 11.9 Å². The first-order valence-corrected chi connectivity index (χ1v) is 5.24. The van der Waals surface area contributed by atoms with Gasteiger partial charge >= 0.3 is 0 Å². The Morgan fingerprint density at radius 2 is 1.72 bits per heavy atom. The lowest BCUT2D eigenvalue weighted by Crippen LogP contribution is -2.05. The Hall–Kier alpha value is -1.88. The molecular formula is C13H10F3NO. The highest BCUT2D eigenvalue weighted by Crippen LogP contribution is 2.25. The number of hydrogen-bond donors (Lipinski definition) is 1. The Balaban J connectivity index is 2.42. The van der Waals surface area contributed by atoms with E-state index >= 15 is 0 Å². The number of aryl methyl sites for hydroxylation is 1. The molecule has 0 saturated carbocycles. The van der Waals surface area contributed by atoms with E-state index in [1.165, 1.54) is 6.20 Å². The molecule has 5 heteroatoms. The summed E-state index contributed by atoms with van der Waals surface area (Å²) in [6.07, 6.45) is -0.0195. The van der Waals surface area contributed by atoms with Crippen molar-refractivity contribution < 1.29 is 18.3 Å². The van der Waals surface area contributed by atoms with Gasteiger partial charge in [0.05, 0.1) is 0 Å². The van der Waals surface area contributed by atoms with Gasteiger partial charge in [-0.3, -0.25) is 4.98 Å². The van der Waals surface area contributed by atoms with Crippen LogP contribution in [0.2, 0.25) is 0 Å². The predicted molar refractivity (Wildman–Crippen MR) is 59.4 cm³/mol. The zero-order valence-corrected chi connectivity index (χ0v) is 9.49. The lowest BCUT2D eigenvalue weighted by Gasteiger charge is -2.12. The summed E-state index contributed by atoms with van der Waals surface area (Å²) in [6, 6.07) is 4.24. The first-order chi connectivity index (χ1) is 8.49. The van der Waals surface area contributed by atoms with Gasteiger partial charge in [-0.2, -0.15) is 0 Å². The van der Waals surface area contributed by atoms with Crippen LogP contribution in [0.1, 0.15) is 22.9 Å². The number of nitrogens with zero attached hydrogens (tertiary/aromatic N) is 1. The van der Waals surface area contributed by atoms with E-state index in [-0.39, 0.29) is 5.56 Å². The van der Waals surface area contributed by atoms with Crippen LogP contribution >= 0.6 is 0 Å². The maximum absolute atomic E-state index is 13.5. The van der Waals surface area contributed by atoms with E-state index in [2.05, 4.69) is 4.98 Å². The zero-order valence-electron chi connectivity index (χ0n) is 9.49. The van der Waals surface area contributed by atoms with Crippen LogP contribution in [0.25, 0.3) is 0 Å². The van der Waals surface area contributed by atoms with Gasteiger partial charge in [0.2, 0.25) is 0 Å². The molecule has 0 amide bonds. The molecule has 0 fully saturated rings. The molecule has 2 aromatic rings. The standard InChI is InChI=1S/C13H10F3NO/c1-7-2-3-8(6-17-7)13(18)9-4-11(15)12(16)5-10(9)14/h2-6,13,18H,1H3. The van der Waals surface area contributed by atoms with Crippen molar-refractivity contribution in [2.45, 2.75) is 13.0 Å². The van der Waals surface area contributed by atoms with Crippen LogP contribution in [0.15, 0.2) is 30.5 Å². The first-order valence-electron chi connectivity index (χ1n) is 5.24. The van der Waals surface area contributed by atoms with Crippen LogP contribution in [-0.4, -0.2) is 10.1 Å². The number of benzene rings is 1. The Morgan fingerprint density at radius 3 is 2.33 bits per heavy atom. The summed E-state index contributed by atoms with van der Waals surface area (Å²) < 4.78 is 39.3. The SMILES string of the molecule is Cc1ccc(C(O)c2cc(F)c(F)cc2F)cn1. The molecule has 1 aromatic heterocycles. The Bertz CT molecular complexity index is 569. The lowest BCUT2D eigenvalue weighted by atomic mass is 10.0. The second-order valence-electron chi connectivity index (χ2n) is 3.92. The Morgan fingerprint density at radius 1 is 1.06 bits per heavy atom. The van der Waals surface area contributed by atoms with Gasteiger partial charge in [0.25, 0.3) is 0 Å². The van der Waals surface area contributed by atoms with E-state index in [4.69, 9.17) is 0 Å². The largest absolute Gasteiger partial charge is 0.383 e. The van der Waals surface area contributed by atoms with E-state index < -0.39 is 23.6 Å². The molecule has 0 saturated heterocycles.